The molecule has 0 N–H and O–H groups in total. The van der Waals surface area contributed by atoms with E-state index in [1.165, 1.54) is 11.3 Å². The van der Waals surface area contributed by atoms with Gasteiger partial charge in [0, 0.05) is 17.3 Å². The van der Waals surface area contributed by atoms with Crippen LogP contribution in [0.3, 0.4) is 0 Å². The van der Waals surface area contributed by atoms with Crippen molar-refractivity contribution in [3.63, 3.8) is 0 Å². The lowest BCUT2D eigenvalue weighted by atomic mass is 9.79. The number of rotatable bonds is 5. The first kappa shape index (κ1) is 22.4. The Morgan fingerprint density at radius 1 is 1.33 bits per heavy atom. The van der Waals surface area contributed by atoms with Crippen LogP contribution in [0.1, 0.15) is 65.0 Å². The van der Waals surface area contributed by atoms with Gasteiger partial charge in [-0.1, -0.05) is 13.0 Å². The second kappa shape index (κ2) is 8.46. The van der Waals surface area contributed by atoms with Crippen LogP contribution < -0.4 is 4.90 Å². The van der Waals surface area contributed by atoms with Crippen LogP contribution in [-0.2, 0) is 14.3 Å². The van der Waals surface area contributed by atoms with Gasteiger partial charge in [0.1, 0.15) is 6.54 Å². The predicted molar refractivity (Wildman–Crippen MR) is 120 cm³/mol. The Hall–Kier alpha value is -2.28. The molecule has 0 aliphatic carbocycles. The molecule has 2 aliphatic heterocycles. The Morgan fingerprint density at radius 3 is 2.67 bits per heavy atom. The van der Waals surface area contributed by atoms with Crippen LogP contribution in [0.4, 0.5) is 10.5 Å². The topological polar surface area (TPSA) is 66.9 Å². The van der Waals surface area contributed by atoms with Crippen LogP contribution in [0.15, 0.2) is 23.1 Å². The molecule has 0 saturated carbocycles. The third-order valence-electron chi connectivity index (χ3n) is 5.58. The lowest BCUT2D eigenvalue weighted by molar-refractivity contribution is -0.145. The summed E-state index contributed by atoms with van der Waals surface area (Å²) >= 11 is 0.860. The zero-order chi connectivity index (χ0) is 22.2. The van der Waals surface area contributed by atoms with Crippen molar-refractivity contribution in [1.29, 1.82) is 0 Å². The summed E-state index contributed by atoms with van der Waals surface area (Å²) in [6.45, 7) is 12.7. The predicted octanol–water partition coefficient (Wildman–Crippen LogP) is 4.79. The van der Waals surface area contributed by atoms with Crippen molar-refractivity contribution in [3.8, 4) is 0 Å². The normalized spacial score (nSPS) is 22.1. The van der Waals surface area contributed by atoms with Gasteiger partial charge in [0.25, 0.3) is 11.1 Å². The van der Waals surface area contributed by atoms with Gasteiger partial charge in [-0.3, -0.25) is 19.3 Å². The van der Waals surface area contributed by atoms with Crippen LogP contribution in [-0.4, -0.2) is 46.7 Å². The number of anilines is 1. The maximum atomic E-state index is 12.6. The molecule has 0 aromatic heterocycles. The highest BCUT2D eigenvalue weighted by molar-refractivity contribution is 8.18. The molecule has 2 amide bonds. The molecule has 7 heteroatoms. The number of carbonyl (C=O) groups is 3. The smallest absolute Gasteiger partial charge is 0.326 e. The SMILES string of the molecule is CCOC(=O)CN1C(=O)S/C(=C/c2ccc3c(c2)[C@@H](C)CC(C)(C)N3C(C)C)C1=O. The zero-order valence-electron chi connectivity index (χ0n) is 18.5. The van der Waals surface area contributed by atoms with E-state index in [4.69, 9.17) is 4.74 Å². The number of fused-ring (bicyclic) bond motifs is 1. The van der Waals surface area contributed by atoms with Gasteiger partial charge in [-0.25, -0.2) is 0 Å². The second-order valence-corrected chi connectivity index (χ2v) is 9.77. The fourth-order valence-corrected chi connectivity index (χ4v) is 5.50. The number of hydrogen-bond donors (Lipinski definition) is 0. The van der Waals surface area contributed by atoms with Crippen molar-refractivity contribution >= 4 is 40.6 Å². The largest absolute Gasteiger partial charge is 0.465 e. The van der Waals surface area contributed by atoms with Crippen molar-refractivity contribution in [3.05, 3.63) is 34.2 Å². The average molecular weight is 431 g/mol. The van der Waals surface area contributed by atoms with E-state index in [9.17, 15) is 14.4 Å². The number of esters is 1. The third kappa shape index (κ3) is 4.26. The van der Waals surface area contributed by atoms with E-state index in [0.717, 1.165) is 28.6 Å². The van der Waals surface area contributed by atoms with Crippen molar-refractivity contribution in [2.45, 2.75) is 65.5 Å². The van der Waals surface area contributed by atoms with Gasteiger partial charge in [0.15, 0.2) is 0 Å². The summed E-state index contributed by atoms with van der Waals surface area (Å²) in [4.78, 5) is 40.3. The fourth-order valence-electron chi connectivity index (χ4n) is 4.66. The van der Waals surface area contributed by atoms with Crippen molar-refractivity contribution in [2.75, 3.05) is 18.1 Å². The standard InChI is InChI=1S/C23H30N2O4S/c1-7-29-20(26)13-24-21(27)19(30-22(24)28)11-16-8-9-18-17(10-16)15(4)12-23(5,6)25(18)14(2)3/h8-11,14-15H,7,12-13H2,1-6H3/b19-11+/t15-/m0/s1. The number of hydrogen-bond acceptors (Lipinski definition) is 6. The summed E-state index contributed by atoms with van der Waals surface area (Å²) in [6, 6.07) is 6.59. The van der Waals surface area contributed by atoms with Gasteiger partial charge >= 0.3 is 5.97 Å². The molecule has 2 aliphatic rings. The fraction of sp³-hybridized carbons (Fsp3) is 0.522. The van der Waals surface area contributed by atoms with E-state index in [1.54, 1.807) is 13.0 Å². The molecule has 162 valence electrons. The molecule has 0 radical (unpaired) electrons. The summed E-state index contributed by atoms with van der Waals surface area (Å²) in [7, 11) is 0. The van der Waals surface area contributed by atoms with Crippen molar-refractivity contribution in [1.82, 2.24) is 4.90 Å². The van der Waals surface area contributed by atoms with E-state index in [1.807, 2.05) is 6.07 Å². The number of nitrogens with zero attached hydrogens (tertiary/aromatic N) is 2. The Morgan fingerprint density at radius 2 is 2.03 bits per heavy atom. The highest BCUT2D eigenvalue weighted by atomic mass is 32.2. The number of amides is 2. The minimum Gasteiger partial charge on any atom is -0.465 e. The molecule has 3 rings (SSSR count). The van der Waals surface area contributed by atoms with E-state index in [2.05, 4.69) is 51.7 Å². The Balaban J connectivity index is 1.89. The highest BCUT2D eigenvalue weighted by Gasteiger charge is 2.38. The molecule has 6 nitrogen and oxygen atoms in total. The summed E-state index contributed by atoms with van der Waals surface area (Å²) in [5.74, 6) is -0.647. The van der Waals surface area contributed by atoms with E-state index in [-0.39, 0.29) is 18.7 Å². The lowest BCUT2D eigenvalue weighted by Crippen LogP contribution is -2.51. The van der Waals surface area contributed by atoms with Crippen LogP contribution in [0.5, 0.6) is 0 Å². The van der Waals surface area contributed by atoms with Gasteiger partial charge in [0.05, 0.1) is 11.5 Å². The molecule has 0 spiro atoms. The minimum atomic E-state index is -0.583. The molecule has 1 saturated heterocycles. The third-order valence-corrected chi connectivity index (χ3v) is 6.49. The van der Waals surface area contributed by atoms with Crippen LogP contribution >= 0.6 is 11.8 Å². The van der Waals surface area contributed by atoms with Crippen LogP contribution in [0.25, 0.3) is 6.08 Å². The Bertz CT molecular complexity index is 906. The molecule has 0 bridgehead atoms. The maximum absolute atomic E-state index is 12.6. The molecule has 0 unspecified atom stereocenters. The van der Waals surface area contributed by atoms with Crippen molar-refractivity contribution < 1.29 is 19.1 Å². The van der Waals surface area contributed by atoms with E-state index in [0.29, 0.717) is 16.9 Å². The van der Waals surface area contributed by atoms with E-state index >= 15 is 0 Å². The number of thioether (sulfide) groups is 1. The van der Waals surface area contributed by atoms with Gasteiger partial charge < -0.3 is 9.64 Å². The molecule has 1 aromatic rings. The highest BCUT2D eigenvalue weighted by Crippen LogP contribution is 2.45. The second-order valence-electron chi connectivity index (χ2n) is 8.77. The summed E-state index contributed by atoms with van der Waals surface area (Å²) in [5.41, 5.74) is 3.42. The van der Waals surface area contributed by atoms with Crippen LogP contribution in [0.2, 0.25) is 0 Å². The average Bonchev–Trinajstić information content (AvgIpc) is 2.89. The number of benzene rings is 1. The first-order valence-corrected chi connectivity index (χ1v) is 11.2. The molecular formula is C23H30N2O4S. The van der Waals surface area contributed by atoms with Gasteiger partial charge in [-0.2, -0.15) is 0 Å². The molecule has 2 heterocycles. The van der Waals surface area contributed by atoms with Gasteiger partial charge in [-0.05, 0) is 88.1 Å². The van der Waals surface area contributed by atoms with Crippen molar-refractivity contribution in [2.24, 2.45) is 0 Å². The molecule has 1 atom stereocenters. The molecule has 30 heavy (non-hydrogen) atoms. The minimum absolute atomic E-state index is 0.0673. The van der Waals surface area contributed by atoms with Gasteiger partial charge in [-0.15, -0.1) is 0 Å². The summed E-state index contributed by atoms with van der Waals surface area (Å²) in [5, 5.41) is -0.446. The lowest BCUT2D eigenvalue weighted by Gasteiger charge is -2.50. The Kier molecular flexibility index (Phi) is 6.32. The first-order chi connectivity index (χ1) is 14.0. The summed E-state index contributed by atoms with van der Waals surface area (Å²) < 4.78 is 4.86. The molecule has 1 aromatic carbocycles. The Labute approximate surface area is 182 Å². The quantitative estimate of drug-likeness (QED) is 0.494. The monoisotopic (exact) mass is 430 g/mol. The van der Waals surface area contributed by atoms with Crippen LogP contribution in [0, 0.1) is 0 Å². The summed E-state index contributed by atoms with van der Waals surface area (Å²) in [6.07, 6.45) is 2.78. The number of carbonyl (C=O) groups excluding carboxylic acids is 3. The zero-order valence-corrected chi connectivity index (χ0v) is 19.3. The molecule has 1 fully saturated rings. The number of ether oxygens (including phenoxy) is 1. The molecular weight excluding hydrogens is 400 g/mol. The van der Waals surface area contributed by atoms with E-state index < -0.39 is 17.1 Å². The number of imide groups is 1. The maximum Gasteiger partial charge on any atom is 0.326 e. The van der Waals surface area contributed by atoms with Gasteiger partial charge in [0.2, 0.25) is 0 Å². The first-order valence-electron chi connectivity index (χ1n) is 10.4.